The van der Waals surface area contributed by atoms with E-state index in [1.54, 1.807) is 11.3 Å². The van der Waals surface area contributed by atoms with Gasteiger partial charge in [-0.05, 0) is 12.1 Å². The van der Waals surface area contributed by atoms with E-state index in [2.05, 4.69) is 40.4 Å². The van der Waals surface area contributed by atoms with E-state index in [0.29, 0.717) is 0 Å². The molecule has 1 nitrogen and oxygen atoms in total. The molecule has 0 N–H and O–H groups in total. The van der Waals surface area contributed by atoms with Crippen LogP contribution in [0, 0.1) is 0 Å². The number of fused-ring (bicyclic) bond motifs is 1. The average Bonchev–Trinajstić information content (AvgIpc) is 2.73. The van der Waals surface area contributed by atoms with Crippen molar-refractivity contribution in [1.29, 1.82) is 0 Å². The van der Waals surface area contributed by atoms with Crippen LogP contribution < -0.4 is 4.57 Å². The molecule has 1 aromatic heterocycles. The van der Waals surface area contributed by atoms with Crippen molar-refractivity contribution < 1.29 is 4.57 Å². The molecule has 0 spiro atoms. The lowest BCUT2D eigenvalue weighted by Gasteiger charge is -1.96. The fourth-order valence-corrected chi connectivity index (χ4v) is 2.93. The van der Waals surface area contributed by atoms with Gasteiger partial charge in [-0.15, -0.1) is 0 Å². The van der Waals surface area contributed by atoms with Gasteiger partial charge in [0.25, 0.3) is 0 Å². The summed E-state index contributed by atoms with van der Waals surface area (Å²) in [6, 6.07) is 16.5. The summed E-state index contributed by atoms with van der Waals surface area (Å²) in [4.78, 5) is 0. The first-order valence-electron chi connectivity index (χ1n) is 5.43. The van der Waals surface area contributed by atoms with Crippen molar-refractivity contribution >= 4 is 33.2 Å². The van der Waals surface area contributed by atoms with Gasteiger partial charge in [-0.25, -0.2) is 0 Å². The summed E-state index contributed by atoms with van der Waals surface area (Å²) in [7, 11) is 0. The molecule has 0 aliphatic rings. The third kappa shape index (κ3) is 2.19. The normalized spacial score (nSPS) is 10.9. The topological polar surface area (TPSA) is 3.88 Å². The smallest absolute Gasteiger partial charge is 0.184 e. The van der Waals surface area contributed by atoms with Gasteiger partial charge in [0.15, 0.2) is 6.54 Å². The van der Waals surface area contributed by atoms with E-state index in [1.165, 1.54) is 15.8 Å². The lowest BCUT2D eigenvalue weighted by atomic mass is 10.2. The molecule has 17 heavy (non-hydrogen) atoms. The highest BCUT2D eigenvalue weighted by Gasteiger charge is 2.12. The minimum atomic E-state index is 0.790. The standard InChI is InChI=1S/C14H11ClNS/c15-12-6-7-14-13(8-12)16(10-17-14)9-11-4-2-1-3-5-11/h1-8,10H,9H2/q+1. The zero-order chi connectivity index (χ0) is 11.7. The van der Waals surface area contributed by atoms with Crippen LogP contribution in [0.15, 0.2) is 54.0 Å². The molecule has 0 saturated carbocycles. The monoisotopic (exact) mass is 260 g/mol. The number of halogens is 1. The Bertz CT molecular complexity index is 646. The van der Waals surface area contributed by atoms with Gasteiger partial charge in [0.05, 0.1) is 0 Å². The second-order valence-electron chi connectivity index (χ2n) is 3.95. The molecule has 0 aliphatic heterocycles. The highest BCUT2D eigenvalue weighted by molar-refractivity contribution is 7.16. The van der Waals surface area contributed by atoms with Gasteiger partial charge >= 0.3 is 0 Å². The Kier molecular flexibility index (Phi) is 2.83. The van der Waals surface area contributed by atoms with Crippen molar-refractivity contribution in [3.63, 3.8) is 0 Å². The molecule has 0 saturated heterocycles. The van der Waals surface area contributed by atoms with Gasteiger partial charge in [0.1, 0.15) is 4.70 Å². The van der Waals surface area contributed by atoms with E-state index in [-0.39, 0.29) is 0 Å². The Hall–Kier alpha value is -1.38. The van der Waals surface area contributed by atoms with E-state index in [1.807, 2.05) is 18.2 Å². The quantitative estimate of drug-likeness (QED) is 0.616. The van der Waals surface area contributed by atoms with E-state index in [4.69, 9.17) is 11.6 Å². The summed E-state index contributed by atoms with van der Waals surface area (Å²) in [5.74, 6) is 0. The second-order valence-corrected chi connectivity index (χ2v) is 5.27. The molecule has 3 aromatic rings. The number of thiazole rings is 1. The maximum atomic E-state index is 6.04. The van der Waals surface area contributed by atoms with E-state index < -0.39 is 0 Å². The molecule has 0 atom stereocenters. The predicted molar refractivity (Wildman–Crippen MR) is 72.6 cm³/mol. The van der Waals surface area contributed by atoms with Gasteiger partial charge < -0.3 is 0 Å². The molecule has 3 rings (SSSR count). The molecule has 3 heteroatoms. The Morgan fingerprint density at radius 3 is 2.71 bits per heavy atom. The molecule has 0 amide bonds. The zero-order valence-electron chi connectivity index (χ0n) is 9.14. The number of aromatic nitrogens is 1. The zero-order valence-corrected chi connectivity index (χ0v) is 10.7. The van der Waals surface area contributed by atoms with Crippen LogP contribution >= 0.6 is 22.9 Å². The van der Waals surface area contributed by atoms with Crippen LogP contribution in [0.25, 0.3) is 10.2 Å². The first-order valence-corrected chi connectivity index (χ1v) is 6.69. The van der Waals surface area contributed by atoms with Crippen molar-refractivity contribution in [3.05, 3.63) is 64.6 Å². The largest absolute Gasteiger partial charge is 0.226 e. The first kappa shape index (κ1) is 10.8. The van der Waals surface area contributed by atoms with Gasteiger partial charge in [0, 0.05) is 16.7 Å². The van der Waals surface area contributed by atoms with Crippen LogP contribution in [0.5, 0.6) is 0 Å². The molecule has 1 heterocycles. The van der Waals surface area contributed by atoms with Crippen molar-refractivity contribution in [2.24, 2.45) is 0 Å². The van der Waals surface area contributed by atoms with Crippen molar-refractivity contribution in [2.45, 2.75) is 6.54 Å². The molecule has 0 radical (unpaired) electrons. The van der Waals surface area contributed by atoms with Crippen LogP contribution in [-0.4, -0.2) is 0 Å². The Morgan fingerprint density at radius 1 is 1.06 bits per heavy atom. The molecule has 84 valence electrons. The van der Waals surface area contributed by atoms with Crippen LogP contribution in [0.2, 0.25) is 5.02 Å². The molecular formula is C14H11ClNS+. The minimum absolute atomic E-state index is 0.790. The molecule has 0 aliphatic carbocycles. The number of hydrogen-bond acceptors (Lipinski definition) is 1. The van der Waals surface area contributed by atoms with Crippen LogP contribution in [0.4, 0.5) is 0 Å². The second kappa shape index (κ2) is 4.47. The third-order valence-corrected chi connectivity index (χ3v) is 3.93. The molecule has 0 unspecified atom stereocenters. The summed E-state index contributed by atoms with van der Waals surface area (Å²) in [6.45, 7) is 0.890. The average molecular weight is 261 g/mol. The molecule has 2 aromatic carbocycles. The molecule has 0 fully saturated rings. The Morgan fingerprint density at radius 2 is 1.88 bits per heavy atom. The summed E-state index contributed by atoms with van der Waals surface area (Å²) >= 11 is 7.79. The lowest BCUT2D eigenvalue weighted by Crippen LogP contribution is -2.31. The van der Waals surface area contributed by atoms with E-state index in [9.17, 15) is 0 Å². The Labute approximate surface area is 109 Å². The summed E-state index contributed by atoms with van der Waals surface area (Å²) < 4.78 is 3.51. The van der Waals surface area contributed by atoms with Gasteiger partial charge in [0.2, 0.25) is 11.0 Å². The number of rotatable bonds is 2. The minimum Gasteiger partial charge on any atom is -0.184 e. The summed E-state index contributed by atoms with van der Waals surface area (Å²) in [5, 5.41) is 0.790. The number of benzene rings is 2. The van der Waals surface area contributed by atoms with Crippen LogP contribution in [0.1, 0.15) is 5.56 Å². The van der Waals surface area contributed by atoms with Gasteiger partial charge in [-0.3, -0.25) is 0 Å². The number of nitrogens with zero attached hydrogens (tertiary/aromatic N) is 1. The lowest BCUT2D eigenvalue weighted by molar-refractivity contribution is -0.658. The van der Waals surface area contributed by atoms with Crippen molar-refractivity contribution in [3.8, 4) is 0 Å². The van der Waals surface area contributed by atoms with E-state index in [0.717, 1.165) is 11.6 Å². The Balaban J connectivity index is 2.03. The SMILES string of the molecule is Clc1ccc2sc[n+](Cc3ccccc3)c2c1. The fourth-order valence-electron chi connectivity index (χ4n) is 1.89. The first-order chi connectivity index (χ1) is 8.33. The third-order valence-electron chi connectivity index (χ3n) is 2.73. The van der Waals surface area contributed by atoms with Gasteiger partial charge in [-0.1, -0.05) is 53.3 Å². The summed E-state index contributed by atoms with van der Waals surface area (Å²) in [5.41, 5.74) is 4.65. The van der Waals surface area contributed by atoms with Crippen LogP contribution in [0.3, 0.4) is 0 Å². The summed E-state index contributed by atoms with van der Waals surface area (Å²) in [6.07, 6.45) is 0. The predicted octanol–water partition coefficient (Wildman–Crippen LogP) is 3.89. The fraction of sp³-hybridized carbons (Fsp3) is 0.0714. The molecule has 0 bridgehead atoms. The van der Waals surface area contributed by atoms with Gasteiger partial charge in [-0.2, -0.15) is 4.57 Å². The molecular weight excluding hydrogens is 250 g/mol. The highest BCUT2D eigenvalue weighted by atomic mass is 35.5. The van der Waals surface area contributed by atoms with Crippen molar-refractivity contribution in [2.75, 3.05) is 0 Å². The van der Waals surface area contributed by atoms with E-state index >= 15 is 0 Å². The maximum Gasteiger partial charge on any atom is 0.226 e. The number of hydrogen-bond donors (Lipinski definition) is 0. The van der Waals surface area contributed by atoms with Crippen LogP contribution in [-0.2, 0) is 6.54 Å². The highest BCUT2D eigenvalue weighted by Crippen LogP contribution is 2.20. The maximum absolute atomic E-state index is 6.04. The van der Waals surface area contributed by atoms with Crippen molar-refractivity contribution in [1.82, 2.24) is 0 Å².